The third-order valence-corrected chi connectivity index (χ3v) is 40.5. The van der Waals surface area contributed by atoms with Crippen LogP contribution < -0.4 is 5.19 Å². The summed E-state index contributed by atoms with van der Waals surface area (Å²) in [5, 5.41) is 9.18. The number of rotatable bonds is 36. The van der Waals surface area contributed by atoms with E-state index >= 15 is 0 Å². The number of benzene rings is 3. The summed E-state index contributed by atoms with van der Waals surface area (Å²) < 4.78 is 219. The van der Waals surface area contributed by atoms with Crippen molar-refractivity contribution in [3.63, 3.8) is 0 Å². The highest BCUT2D eigenvalue weighted by molar-refractivity contribution is 7.86. The minimum Gasteiger partial charge on any atom is -0.481 e. The number of carboxylic acid groups (broad SMARTS) is 1. The Hall–Kier alpha value is -1.81. The Morgan fingerprint density at radius 1 is 0.370 bits per heavy atom. The molecule has 34 nitrogen and oxygen atoms in total. The molecule has 0 fully saturated rings. The van der Waals surface area contributed by atoms with Crippen molar-refractivity contribution in [2.75, 3.05) is 133 Å². The van der Waals surface area contributed by atoms with Crippen molar-refractivity contribution in [1.82, 2.24) is 0 Å². The number of hydrogen-bond acceptors (Lipinski definition) is 27. The monoisotopic (exact) mass is 1810 g/mol. The molecule has 0 radical (unpaired) electrons. The molecule has 0 aliphatic rings. The molecule has 0 amide bonds. The highest BCUT2D eigenvalue weighted by atomic mass is 32.2. The number of aryl methyl sites for hydroxylation is 1. The van der Waals surface area contributed by atoms with Crippen LogP contribution in [0, 0.1) is 0 Å². The normalized spacial score (nSPS) is 12.5. The maximum atomic E-state index is 10.9. The van der Waals surface area contributed by atoms with Crippen LogP contribution in [-0.2, 0) is 138 Å². The van der Waals surface area contributed by atoms with Crippen molar-refractivity contribution in [3.05, 3.63) is 83.9 Å². The summed E-state index contributed by atoms with van der Waals surface area (Å²) in [4.78, 5) is 27.0. The third kappa shape index (κ3) is 60.7. The lowest BCUT2D eigenvalue weighted by Gasteiger charge is -2.24. The van der Waals surface area contributed by atoms with E-state index in [4.69, 9.17) is 108 Å². The van der Waals surface area contributed by atoms with Crippen LogP contribution in [0.4, 0.5) is 0 Å². The molecule has 0 saturated heterocycles. The van der Waals surface area contributed by atoms with Crippen molar-refractivity contribution >= 4 is 136 Å². The van der Waals surface area contributed by atoms with Crippen LogP contribution >= 0.6 is 7.60 Å². The van der Waals surface area contributed by atoms with E-state index in [-0.39, 0.29) is 46.9 Å². The van der Waals surface area contributed by atoms with Gasteiger partial charge in [-0.2, -0.15) is 33.7 Å². The average molecular weight is 1810 g/mol. The van der Waals surface area contributed by atoms with Crippen LogP contribution in [0.1, 0.15) is 31.4 Å². The van der Waals surface area contributed by atoms with Gasteiger partial charge in [0.1, 0.15) is 0 Å². The van der Waals surface area contributed by atoms with Gasteiger partial charge in [0.15, 0.2) is 25.0 Å². The summed E-state index contributed by atoms with van der Waals surface area (Å²) in [7, 11) is -11.4. The van der Waals surface area contributed by atoms with E-state index < -0.39 is 131 Å². The van der Waals surface area contributed by atoms with Gasteiger partial charge >= 0.3 is 65.4 Å². The fourth-order valence-corrected chi connectivity index (χ4v) is 19.4. The fraction of sp³-hybridized carbons (Fsp3) is 0.683. The molecule has 0 atom stereocenters. The Bertz CT molecular complexity index is 3300. The van der Waals surface area contributed by atoms with Crippen LogP contribution in [0.25, 0.3) is 0 Å². The SMILES string of the molecule is C.CO[Si](C)(C)C.CO[Si](C)(C)C.CO[Si](C)(C)C.CO[Si](C)(CCC(=O)O)OC.CO[Si](C)(CCP(=O)(O)O)OC.CO[Si](C)(CCc1ccc(S(=O)(=O)O)cc1)OC.CO[Si](C)(OC)c1ccc(S(=O)(=O)O)cc1.CO[Si](CCCS(=O)(=O)O)(OC)OC.CO[Si](Cc1ccc(S(=O)(=O)O)cc1)(OC)OC. The molecule has 0 spiro atoms. The zero-order chi connectivity index (χ0) is 85.6. The number of hydrogen-bond donors (Lipinski definition) is 7. The summed E-state index contributed by atoms with van der Waals surface area (Å²) in [5.41, 5.74) is 1.79. The van der Waals surface area contributed by atoms with Gasteiger partial charge in [-0.1, -0.05) is 43.8 Å². The van der Waals surface area contributed by atoms with E-state index in [1.54, 1.807) is 107 Å². The second-order valence-electron chi connectivity index (χ2n) is 25.9. The lowest BCUT2D eigenvalue weighted by molar-refractivity contribution is -0.136. The maximum Gasteiger partial charge on any atom is 0.504 e. The van der Waals surface area contributed by atoms with Crippen LogP contribution in [0.15, 0.2) is 87.5 Å². The Morgan fingerprint density at radius 2 is 0.639 bits per heavy atom. The smallest absolute Gasteiger partial charge is 0.481 e. The zero-order valence-electron chi connectivity index (χ0n) is 68.2. The highest BCUT2D eigenvalue weighted by Crippen LogP contribution is 2.37. The van der Waals surface area contributed by atoms with E-state index in [1.165, 1.54) is 93.3 Å². The maximum absolute atomic E-state index is 10.9. The predicted molar refractivity (Wildman–Crippen MR) is 439 cm³/mol. The first-order valence-electron chi connectivity index (χ1n) is 32.2. The molecule has 0 bridgehead atoms. The number of carbonyl (C=O) groups is 1. The Morgan fingerprint density at radius 3 is 0.870 bits per heavy atom. The summed E-state index contributed by atoms with van der Waals surface area (Å²) >= 11 is 0. The van der Waals surface area contributed by atoms with Gasteiger partial charge < -0.3 is 90.1 Å². The molecule has 108 heavy (non-hydrogen) atoms. The molecular formula is C60H133O34PS4Si9. The van der Waals surface area contributed by atoms with Gasteiger partial charge in [-0.25, -0.2) is 0 Å². The largest absolute Gasteiger partial charge is 0.504 e. The van der Waals surface area contributed by atoms with Crippen LogP contribution in [0.5, 0.6) is 0 Å². The standard InChI is InChI=1S/C11H18O5SSi.C10H16O6SSi.C9H14O5SSi.C6H16O6SSi.C6H14O4Si.C5H15O5PSi.3C4H12OSi.CH4/c1-15-18(3,16-2)9-8-10-4-6-11(7-5-10)17(12,13)14;1-14-18(15-2,16-3)8-9-4-6-10(7-5-9)17(11,12)13;1-13-16(3,14-2)9-6-4-8(5-7-9)15(10,11)12;1-10-14(11-2,12-3)6-4-5-13(7,8)9;1-9-11(3,10-2)5-4-6(7)8;1-9-12(3,10-2)5-4-11(6,7)8;3*1-5-6(2,3)4;/h4-7H,8-9H2,1-3H3,(H,12,13,14);4-7H,8H2,1-3H3,(H,11,12,13);4-7H,1-3H3,(H,10,11,12);4-6H2,1-3H3,(H,7,8,9);4-5H2,1-3H3,(H,7,8);4-5H2,1-3H3,(H2,6,7,8);3*1-4H3;1H4. The van der Waals surface area contributed by atoms with Crippen molar-refractivity contribution < 1.29 is 151 Å². The van der Waals surface area contributed by atoms with Crippen molar-refractivity contribution in [1.29, 1.82) is 0 Å². The van der Waals surface area contributed by atoms with Crippen LogP contribution in [0.2, 0.25) is 109 Å². The molecule has 642 valence electrons. The molecule has 7 N–H and O–H groups in total. The molecule has 0 aliphatic heterocycles. The summed E-state index contributed by atoms with van der Waals surface area (Å²) in [6.45, 7) is 26.9. The summed E-state index contributed by atoms with van der Waals surface area (Å²) in [5.74, 6) is -1.12. The third-order valence-electron chi connectivity index (χ3n) is 15.0. The zero-order valence-corrected chi connectivity index (χ0v) is 81.4. The molecule has 0 aromatic heterocycles. The quantitative estimate of drug-likeness (QED) is 0.0162. The molecule has 0 saturated carbocycles. The topological polar surface area (TPSA) is 469 Å². The van der Waals surface area contributed by atoms with Crippen molar-refractivity contribution in [2.45, 2.75) is 157 Å². The Balaban J connectivity index is -0.000000218. The molecule has 3 aromatic carbocycles. The highest BCUT2D eigenvalue weighted by Gasteiger charge is 2.39. The van der Waals surface area contributed by atoms with E-state index in [9.17, 15) is 43.0 Å². The van der Waals surface area contributed by atoms with E-state index in [2.05, 4.69) is 58.9 Å². The molecule has 48 heteroatoms. The molecule has 0 unspecified atom stereocenters. The molecular weight excluding hydrogens is 1680 g/mol. The van der Waals surface area contributed by atoms with Gasteiger partial charge in [0.25, 0.3) is 40.5 Å². The second kappa shape index (κ2) is 56.5. The predicted octanol–water partition coefficient (Wildman–Crippen LogP) is 9.78. The second-order valence-corrected chi connectivity index (χ2v) is 67.4. The first-order valence-corrected chi connectivity index (χ1v) is 63.9. The average Bonchev–Trinajstić information content (AvgIpc) is 0.832. The van der Waals surface area contributed by atoms with Gasteiger partial charge in [0, 0.05) is 151 Å². The minimum absolute atomic E-state index is 0. The number of aliphatic carboxylic acids is 1. The fourth-order valence-electron chi connectivity index (χ4n) is 6.52. The van der Waals surface area contributed by atoms with Crippen molar-refractivity contribution in [3.8, 4) is 0 Å². The molecule has 3 rings (SSSR count). The van der Waals surface area contributed by atoms with Crippen molar-refractivity contribution in [2.24, 2.45) is 0 Å². The lowest BCUT2D eigenvalue weighted by Crippen LogP contribution is -2.49. The molecule has 3 aromatic rings. The van der Waals surface area contributed by atoms with Crippen LogP contribution in [0.3, 0.4) is 0 Å². The minimum atomic E-state index is -4.16. The van der Waals surface area contributed by atoms with E-state index in [0.29, 0.717) is 24.2 Å². The summed E-state index contributed by atoms with van der Waals surface area (Å²) in [6.07, 6.45) is 0.943. The van der Waals surface area contributed by atoms with Gasteiger partial charge in [-0.05, 0) is 157 Å². The van der Waals surface area contributed by atoms with Gasteiger partial charge in [-0.15, -0.1) is 0 Å². The van der Waals surface area contributed by atoms with Gasteiger partial charge in [0.2, 0.25) is 0 Å². The first-order chi connectivity index (χ1) is 48.4. The Kier molecular flexibility index (Phi) is 62.5. The molecule has 0 aliphatic carbocycles. The van der Waals surface area contributed by atoms with E-state index in [1.807, 2.05) is 19.6 Å². The first kappa shape index (κ1) is 119. The molecule has 0 heterocycles. The van der Waals surface area contributed by atoms with Gasteiger partial charge in [-0.3, -0.25) is 27.6 Å². The van der Waals surface area contributed by atoms with Crippen LogP contribution in [-0.4, -0.2) is 282 Å². The lowest BCUT2D eigenvalue weighted by atomic mass is 10.2. The van der Waals surface area contributed by atoms with Gasteiger partial charge in [0.05, 0.1) is 26.6 Å². The Labute approximate surface area is 656 Å². The van der Waals surface area contributed by atoms with E-state index in [0.717, 1.165) is 28.8 Å². The summed E-state index contributed by atoms with van der Waals surface area (Å²) in [6, 6.07) is 20.2. The number of carboxylic acids is 1.